The smallest absolute Gasteiger partial charge is 0.251 e. The Kier molecular flexibility index (Phi) is 2.96. The lowest BCUT2D eigenvalue weighted by atomic mass is 9.89. The van der Waals surface area contributed by atoms with Crippen molar-refractivity contribution in [2.75, 3.05) is 20.3 Å². The van der Waals surface area contributed by atoms with Crippen molar-refractivity contribution in [2.45, 2.75) is 36.3 Å². The highest BCUT2D eigenvalue weighted by Crippen LogP contribution is 2.45. The number of methoxy groups -OCH3 is 1. The highest BCUT2D eigenvalue weighted by Gasteiger charge is 2.68. The van der Waals surface area contributed by atoms with Gasteiger partial charge in [-0.15, -0.1) is 0 Å². The molecule has 94 valence electrons. The first-order chi connectivity index (χ1) is 7.50. The molecule has 0 aromatic heterocycles. The molecule has 0 aromatic carbocycles. The normalized spacial score (nSPS) is 52.7. The molecule has 2 rings (SSSR count). The Hall–Kier alpha value is -0.280. The molecule has 0 aliphatic carbocycles. The summed E-state index contributed by atoms with van der Waals surface area (Å²) < 4.78 is 15.4. The van der Waals surface area contributed by atoms with E-state index in [2.05, 4.69) is 0 Å². The van der Waals surface area contributed by atoms with Crippen LogP contribution in [0, 0.1) is 0 Å². The summed E-state index contributed by atoms with van der Waals surface area (Å²) in [7, 11) is 1.30. The van der Waals surface area contributed by atoms with Crippen LogP contribution in [-0.2, 0) is 14.2 Å². The molecule has 0 aromatic rings. The van der Waals surface area contributed by atoms with E-state index in [9.17, 15) is 15.3 Å². The van der Waals surface area contributed by atoms with Gasteiger partial charge in [-0.2, -0.15) is 0 Å². The maximum absolute atomic E-state index is 10.1. The molecule has 0 amide bonds. The average Bonchev–Trinajstić information content (AvgIpc) is 2.63. The Morgan fingerprint density at radius 3 is 2.69 bits per heavy atom. The fraction of sp³-hybridized carbons (Fsp3) is 1.00. The Morgan fingerprint density at radius 2 is 2.12 bits per heavy atom. The lowest BCUT2D eigenvalue weighted by Crippen LogP contribution is -2.71. The van der Waals surface area contributed by atoms with E-state index in [1.807, 2.05) is 0 Å². The maximum atomic E-state index is 10.1. The molecule has 2 fully saturated rings. The van der Waals surface area contributed by atoms with Crippen molar-refractivity contribution < 1.29 is 34.6 Å². The molecule has 2 heterocycles. The Balaban J connectivity index is 2.35. The molecule has 0 saturated carbocycles. The first kappa shape index (κ1) is 12.2. The van der Waals surface area contributed by atoms with Crippen molar-refractivity contribution in [3.8, 4) is 0 Å². The highest BCUT2D eigenvalue weighted by molar-refractivity contribution is 5.05. The zero-order valence-corrected chi connectivity index (χ0v) is 8.87. The zero-order valence-electron chi connectivity index (χ0n) is 8.87. The van der Waals surface area contributed by atoms with E-state index < -0.39 is 36.5 Å². The predicted octanol–water partition coefficient (Wildman–Crippen LogP) is -2.45. The largest absolute Gasteiger partial charge is 0.394 e. The molecule has 16 heavy (non-hydrogen) atoms. The molecular formula is C9H16O7. The van der Waals surface area contributed by atoms with Gasteiger partial charge in [0.1, 0.15) is 18.3 Å². The summed E-state index contributed by atoms with van der Waals surface area (Å²) in [5, 5.41) is 38.6. The molecule has 0 radical (unpaired) electrons. The maximum Gasteiger partial charge on any atom is 0.251 e. The standard InChI is InChI=1S/C9H16O7/c1-14-8-2-3-15-9(8,13)7(12)6(11)5(4-10)16-8/h5-7,10-13H,2-4H2,1H3/t5-,6-,7+,8?,9+/m1/s1. The number of ether oxygens (including phenoxy) is 3. The first-order valence-corrected chi connectivity index (χ1v) is 5.07. The van der Waals surface area contributed by atoms with Crippen molar-refractivity contribution in [2.24, 2.45) is 0 Å². The van der Waals surface area contributed by atoms with E-state index in [4.69, 9.17) is 19.3 Å². The number of aliphatic hydroxyl groups is 4. The molecule has 1 unspecified atom stereocenters. The van der Waals surface area contributed by atoms with Gasteiger partial charge in [-0.05, 0) is 0 Å². The van der Waals surface area contributed by atoms with Gasteiger partial charge in [0.25, 0.3) is 5.79 Å². The number of aliphatic hydroxyl groups excluding tert-OH is 3. The second-order valence-electron chi connectivity index (χ2n) is 4.03. The van der Waals surface area contributed by atoms with E-state index in [1.54, 1.807) is 0 Å². The van der Waals surface area contributed by atoms with Gasteiger partial charge in [-0.25, -0.2) is 0 Å². The molecule has 7 heteroatoms. The molecule has 5 atom stereocenters. The second-order valence-corrected chi connectivity index (χ2v) is 4.03. The van der Waals surface area contributed by atoms with E-state index in [0.717, 1.165) is 0 Å². The third-order valence-electron chi connectivity index (χ3n) is 3.26. The molecule has 0 bridgehead atoms. The third-order valence-corrected chi connectivity index (χ3v) is 3.26. The number of rotatable bonds is 2. The predicted molar refractivity (Wildman–Crippen MR) is 49.2 cm³/mol. The lowest BCUT2D eigenvalue weighted by Gasteiger charge is -2.49. The molecular weight excluding hydrogens is 220 g/mol. The number of hydrogen-bond donors (Lipinski definition) is 4. The molecule has 4 N–H and O–H groups in total. The van der Waals surface area contributed by atoms with E-state index in [-0.39, 0.29) is 13.0 Å². The average molecular weight is 236 g/mol. The van der Waals surface area contributed by atoms with Crippen LogP contribution in [0.2, 0.25) is 0 Å². The SMILES string of the molecule is COC12CCO[C@@]1(O)[C@@H](O)[C@H](O)[C@@H](CO)O2. The van der Waals surface area contributed by atoms with Crippen LogP contribution in [0.4, 0.5) is 0 Å². The van der Waals surface area contributed by atoms with Crippen molar-refractivity contribution in [1.82, 2.24) is 0 Å². The van der Waals surface area contributed by atoms with Crippen molar-refractivity contribution in [3.05, 3.63) is 0 Å². The summed E-state index contributed by atoms with van der Waals surface area (Å²) in [6, 6.07) is 0. The van der Waals surface area contributed by atoms with Crippen LogP contribution in [0.25, 0.3) is 0 Å². The zero-order chi connectivity index (χ0) is 12.0. The van der Waals surface area contributed by atoms with Crippen LogP contribution in [-0.4, -0.2) is 70.6 Å². The van der Waals surface area contributed by atoms with Gasteiger partial charge in [0.05, 0.1) is 13.2 Å². The second kappa shape index (κ2) is 3.88. The van der Waals surface area contributed by atoms with Crippen LogP contribution in [0.5, 0.6) is 0 Å². The Morgan fingerprint density at radius 1 is 1.44 bits per heavy atom. The van der Waals surface area contributed by atoms with Crippen molar-refractivity contribution in [1.29, 1.82) is 0 Å². The molecule has 0 spiro atoms. The van der Waals surface area contributed by atoms with Gasteiger partial charge < -0.3 is 34.6 Å². The van der Waals surface area contributed by atoms with E-state index >= 15 is 0 Å². The van der Waals surface area contributed by atoms with Gasteiger partial charge in [0.2, 0.25) is 5.79 Å². The Bertz CT molecular complexity index is 273. The van der Waals surface area contributed by atoms with Crippen molar-refractivity contribution >= 4 is 0 Å². The summed E-state index contributed by atoms with van der Waals surface area (Å²) >= 11 is 0. The van der Waals surface area contributed by atoms with Gasteiger partial charge >= 0.3 is 0 Å². The van der Waals surface area contributed by atoms with Crippen LogP contribution in [0.3, 0.4) is 0 Å². The summed E-state index contributed by atoms with van der Waals surface area (Å²) in [4.78, 5) is 0. The fourth-order valence-electron chi connectivity index (χ4n) is 2.27. The third kappa shape index (κ3) is 1.34. The monoisotopic (exact) mass is 236 g/mol. The Labute approximate surface area is 92.2 Å². The van der Waals surface area contributed by atoms with E-state index in [1.165, 1.54) is 7.11 Å². The topological polar surface area (TPSA) is 109 Å². The molecule has 2 saturated heterocycles. The summed E-state index contributed by atoms with van der Waals surface area (Å²) in [6.45, 7) is -0.355. The van der Waals surface area contributed by atoms with E-state index in [0.29, 0.717) is 0 Å². The lowest BCUT2D eigenvalue weighted by molar-refractivity contribution is -0.432. The minimum Gasteiger partial charge on any atom is -0.394 e. The summed E-state index contributed by atoms with van der Waals surface area (Å²) in [5.41, 5.74) is 0. The van der Waals surface area contributed by atoms with Crippen molar-refractivity contribution in [3.63, 3.8) is 0 Å². The summed E-state index contributed by atoms with van der Waals surface area (Å²) in [5.74, 6) is -3.65. The van der Waals surface area contributed by atoms with Crippen LogP contribution in [0.15, 0.2) is 0 Å². The number of hydrogen-bond acceptors (Lipinski definition) is 7. The van der Waals surface area contributed by atoms with Crippen LogP contribution >= 0.6 is 0 Å². The quantitative estimate of drug-likeness (QED) is 0.421. The molecule has 2 aliphatic rings. The fourth-order valence-corrected chi connectivity index (χ4v) is 2.27. The van der Waals surface area contributed by atoms with Crippen LogP contribution < -0.4 is 0 Å². The first-order valence-electron chi connectivity index (χ1n) is 5.07. The van der Waals surface area contributed by atoms with Gasteiger partial charge in [-0.1, -0.05) is 0 Å². The van der Waals surface area contributed by atoms with Crippen LogP contribution in [0.1, 0.15) is 6.42 Å². The molecule has 2 aliphatic heterocycles. The summed E-state index contributed by atoms with van der Waals surface area (Å²) in [6.07, 6.45) is -3.84. The number of fused-ring (bicyclic) bond motifs is 1. The van der Waals surface area contributed by atoms with Gasteiger partial charge in [0.15, 0.2) is 0 Å². The van der Waals surface area contributed by atoms with Gasteiger partial charge in [0, 0.05) is 13.5 Å². The minimum absolute atomic E-state index is 0.131. The van der Waals surface area contributed by atoms with Gasteiger partial charge in [-0.3, -0.25) is 0 Å². The molecule has 7 nitrogen and oxygen atoms in total. The minimum atomic E-state index is -2.10. The highest BCUT2D eigenvalue weighted by atomic mass is 16.8.